The average Bonchev–Trinajstić information content (AvgIpc) is 2.36. The van der Waals surface area contributed by atoms with E-state index in [1.54, 1.807) is 0 Å². The molecule has 0 spiro atoms. The van der Waals surface area contributed by atoms with Gasteiger partial charge in [0.2, 0.25) is 0 Å². The molecule has 1 rings (SSSR count). The van der Waals surface area contributed by atoms with Crippen LogP contribution in [-0.4, -0.2) is 33.4 Å². The summed E-state index contributed by atoms with van der Waals surface area (Å²) in [5.41, 5.74) is 0. The Balaban J connectivity index is 2.59. The molecule has 3 nitrogen and oxygen atoms in total. The molecule has 0 saturated carbocycles. The van der Waals surface area contributed by atoms with Crippen molar-refractivity contribution in [3.8, 4) is 0 Å². The predicted molar refractivity (Wildman–Crippen MR) is 77.3 cm³/mol. The summed E-state index contributed by atoms with van der Waals surface area (Å²) in [7, 11) is -1.50. The fourth-order valence-electron chi connectivity index (χ4n) is 2.79. The van der Waals surface area contributed by atoms with Gasteiger partial charge in [0.1, 0.15) is 0 Å². The molecule has 0 aliphatic carbocycles. The highest BCUT2D eigenvalue weighted by Crippen LogP contribution is 2.30. The third kappa shape index (κ3) is 4.33. The van der Waals surface area contributed by atoms with Gasteiger partial charge in [-0.25, -0.2) is 0 Å². The Bertz CT molecular complexity index is 223. The Morgan fingerprint density at radius 1 is 1.06 bits per heavy atom. The summed E-state index contributed by atoms with van der Waals surface area (Å²) in [5.74, 6) is 0. The van der Waals surface area contributed by atoms with Crippen LogP contribution in [0.2, 0.25) is 18.1 Å². The summed E-state index contributed by atoms with van der Waals surface area (Å²) in [6, 6.07) is 3.64. The molecule has 3 unspecified atom stereocenters. The normalized spacial score (nSPS) is 29.5. The molecule has 0 amide bonds. The van der Waals surface area contributed by atoms with Crippen molar-refractivity contribution in [2.24, 2.45) is 0 Å². The smallest absolute Gasteiger partial charge is 0.192 e. The molecular weight excluding hydrogens is 244 g/mol. The molecule has 1 heterocycles. The maximum absolute atomic E-state index is 6.55. The van der Waals surface area contributed by atoms with Crippen LogP contribution >= 0.6 is 0 Å². The van der Waals surface area contributed by atoms with Crippen LogP contribution in [0.4, 0.5) is 0 Å². The minimum absolute atomic E-state index is 0.0685. The van der Waals surface area contributed by atoms with E-state index in [-0.39, 0.29) is 12.4 Å². The summed E-state index contributed by atoms with van der Waals surface area (Å²) in [6.07, 6.45) is 2.42. The minimum Gasteiger partial charge on any atom is -0.414 e. The highest BCUT2D eigenvalue weighted by molar-refractivity contribution is 6.73. The Kier molecular flexibility index (Phi) is 6.85. The van der Waals surface area contributed by atoms with Crippen LogP contribution in [-0.2, 0) is 13.9 Å². The molecule has 18 heavy (non-hydrogen) atoms. The molecule has 0 N–H and O–H groups in total. The van der Waals surface area contributed by atoms with Gasteiger partial charge in [0.05, 0.1) is 12.2 Å². The SMILES string of the molecule is CCOC1CC(O[Si](CC)(CC)CC)CC(C)O1. The number of hydrogen-bond acceptors (Lipinski definition) is 3. The zero-order valence-corrected chi connectivity index (χ0v) is 13.7. The molecule has 0 radical (unpaired) electrons. The van der Waals surface area contributed by atoms with Gasteiger partial charge in [0.25, 0.3) is 0 Å². The van der Waals surface area contributed by atoms with Gasteiger partial charge in [-0.2, -0.15) is 0 Å². The van der Waals surface area contributed by atoms with E-state index in [0.29, 0.717) is 12.7 Å². The van der Waals surface area contributed by atoms with Gasteiger partial charge < -0.3 is 13.9 Å². The van der Waals surface area contributed by atoms with Crippen LogP contribution in [0.15, 0.2) is 0 Å². The standard InChI is InChI=1S/C14H30O3Si/c1-6-15-14-11-13(10-12(5)16-14)17-18(7-2,8-3)9-4/h12-14H,6-11H2,1-5H3. The van der Waals surface area contributed by atoms with E-state index in [4.69, 9.17) is 13.9 Å². The van der Waals surface area contributed by atoms with Gasteiger partial charge in [0.15, 0.2) is 14.6 Å². The first-order valence-electron chi connectivity index (χ1n) is 7.54. The molecule has 1 fully saturated rings. The summed E-state index contributed by atoms with van der Waals surface area (Å²) in [5, 5.41) is 0. The summed E-state index contributed by atoms with van der Waals surface area (Å²) in [4.78, 5) is 0. The van der Waals surface area contributed by atoms with Gasteiger partial charge in [-0.15, -0.1) is 0 Å². The number of hydrogen-bond donors (Lipinski definition) is 0. The second-order valence-corrected chi connectivity index (χ2v) is 10.0. The Labute approximate surface area is 113 Å². The lowest BCUT2D eigenvalue weighted by molar-refractivity contribution is -0.206. The summed E-state index contributed by atoms with van der Waals surface area (Å²) < 4.78 is 18.0. The van der Waals surface area contributed by atoms with Crippen LogP contribution in [0.25, 0.3) is 0 Å². The van der Waals surface area contributed by atoms with Crippen LogP contribution in [0.1, 0.15) is 47.5 Å². The molecule has 1 aliphatic heterocycles. The largest absolute Gasteiger partial charge is 0.414 e. The molecule has 3 atom stereocenters. The van der Waals surface area contributed by atoms with E-state index in [0.717, 1.165) is 12.8 Å². The Hall–Kier alpha value is 0.0969. The van der Waals surface area contributed by atoms with Crippen molar-refractivity contribution in [2.75, 3.05) is 6.61 Å². The Morgan fingerprint density at radius 3 is 2.17 bits per heavy atom. The van der Waals surface area contributed by atoms with Crippen LogP contribution in [0, 0.1) is 0 Å². The number of rotatable bonds is 7. The van der Waals surface area contributed by atoms with Gasteiger partial charge in [-0.05, 0) is 38.4 Å². The minimum atomic E-state index is -1.50. The third-order valence-corrected chi connectivity index (χ3v) is 8.84. The van der Waals surface area contributed by atoms with Gasteiger partial charge in [0, 0.05) is 13.0 Å². The van der Waals surface area contributed by atoms with Crippen molar-refractivity contribution in [3.05, 3.63) is 0 Å². The maximum atomic E-state index is 6.55. The van der Waals surface area contributed by atoms with Crippen molar-refractivity contribution in [1.29, 1.82) is 0 Å². The van der Waals surface area contributed by atoms with E-state index in [1.165, 1.54) is 18.1 Å². The highest BCUT2D eigenvalue weighted by atomic mass is 28.4. The average molecular weight is 274 g/mol. The zero-order valence-electron chi connectivity index (χ0n) is 12.7. The molecular formula is C14H30O3Si. The topological polar surface area (TPSA) is 27.7 Å². The summed E-state index contributed by atoms with van der Waals surface area (Å²) in [6.45, 7) is 11.7. The lowest BCUT2D eigenvalue weighted by Gasteiger charge is -2.39. The first-order chi connectivity index (χ1) is 8.59. The van der Waals surface area contributed by atoms with Crippen LogP contribution in [0.3, 0.4) is 0 Å². The van der Waals surface area contributed by atoms with E-state index >= 15 is 0 Å². The highest BCUT2D eigenvalue weighted by Gasteiger charge is 2.36. The molecule has 0 aromatic rings. The monoisotopic (exact) mass is 274 g/mol. The van der Waals surface area contributed by atoms with E-state index < -0.39 is 8.32 Å². The van der Waals surface area contributed by atoms with Crippen molar-refractivity contribution in [2.45, 2.75) is 84.1 Å². The second kappa shape index (κ2) is 7.63. The van der Waals surface area contributed by atoms with Crippen molar-refractivity contribution in [1.82, 2.24) is 0 Å². The van der Waals surface area contributed by atoms with E-state index in [2.05, 4.69) is 27.7 Å². The quantitative estimate of drug-likeness (QED) is 0.658. The molecule has 4 heteroatoms. The van der Waals surface area contributed by atoms with E-state index in [9.17, 15) is 0 Å². The molecule has 0 aromatic heterocycles. The zero-order chi connectivity index (χ0) is 13.6. The Morgan fingerprint density at radius 2 is 1.67 bits per heavy atom. The van der Waals surface area contributed by atoms with Crippen molar-refractivity contribution in [3.63, 3.8) is 0 Å². The maximum Gasteiger partial charge on any atom is 0.192 e. The second-order valence-electron chi connectivity index (χ2n) is 5.29. The van der Waals surface area contributed by atoms with Gasteiger partial charge in [-0.1, -0.05) is 20.8 Å². The van der Waals surface area contributed by atoms with Gasteiger partial charge in [-0.3, -0.25) is 0 Å². The van der Waals surface area contributed by atoms with Gasteiger partial charge >= 0.3 is 0 Å². The first-order valence-corrected chi connectivity index (χ1v) is 10.1. The lowest BCUT2D eigenvalue weighted by Crippen LogP contribution is -2.45. The molecule has 1 aliphatic rings. The van der Waals surface area contributed by atoms with Crippen molar-refractivity contribution < 1.29 is 13.9 Å². The van der Waals surface area contributed by atoms with E-state index in [1.807, 2.05) is 6.92 Å². The first kappa shape index (κ1) is 16.2. The molecule has 108 valence electrons. The van der Waals surface area contributed by atoms with Crippen LogP contribution < -0.4 is 0 Å². The lowest BCUT2D eigenvalue weighted by atomic mass is 10.1. The molecule has 0 aromatic carbocycles. The third-order valence-electron chi connectivity index (χ3n) is 4.14. The fraction of sp³-hybridized carbons (Fsp3) is 1.00. The van der Waals surface area contributed by atoms with Crippen molar-refractivity contribution >= 4 is 8.32 Å². The molecule has 1 saturated heterocycles. The molecule has 0 bridgehead atoms. The number of ether oxygens (including phenoxy) is 2. The summed E-state index contributed by atoms with van der Waals surface area (Å²) >= 11 is 0. The fourth-order valence-corrected chi connectivity index (χ4v) is 5.69. The van der Waals surface area contributed by atoms with Crippen LogP contribution in [0.5, 0.6) is 0 Å². The predicted octanol–water partition coefficient (Wildman–Crippen LogP) is 3.94.